The lowest BCUT2D eigenvalue weighted by atomic mass is 10.0. The van der Waals surface area contributed by atoms with Crippen LogP contribution in [-0.2, 0) is 0 Å². The molecule has 132 valence electrons. The van der Waals surface area contributed by atoms with E-state index in [2.05, 4.69) is 0 Å². The summed E-state index contributed by atoms with van der Waals surface area (Å²) in [5.41, 5.74) is 1.48. The van der Waals surface area contributed by atoms with E-state index in [0.29, 0.717) is 41.3 Å². The van der Waals surface area contributed by atoms with E-state index in [4.69, 9.17) is 9.47 Å². The summed E-state index contributed by atoms with van der Waals surface area (Å²) in [5.74, 6) is 0.840. The van der Waals surface area contributed by atoms with Crippen LogP contribution in [0.3, 0.4) is 0 Å². The van der Waals surface area contributed by atoms with E-state index < -0.39 is 0 Å². The van der Waals surface area contributed by atoms with Crippen molar-refractivity contribution in [1.29, 1.82) is 0 Å². The van der Waals surface area contributed by atoms with Crippen molar-refractivity contribution in [2.24, 2.45) is 0 Å². The maximum absolute atomic E-state index is 12.8. The van der Waals surface area contributed by atoms with Crippen LogP contribution < -0.4 is 9.47 Å². The third-order valence-corrected chi connectivity index (χ3v) is 4.10. The molecule has 0 aliphatic carbocycles. The molecule has 25 heavy (non-hydrogen) atoms. The lowest BCUT2D eigenvalue weighted by Crippen LogP contribution is -2.30. The maximum Gasteiger partial charge on any atom is 0.253 e. The summed E-state index contributed by atoms with van der Waals surface area (Å²) in [5, 5.41) is 0. The molecular formula is C20H23NO4. The van der Waals surface area contributed by atoms with Crippen LogP contribution in [0.5, 0.6) is 11.5 Å². The number of benzene rings is 2. The molecule has 2 aromatic rings. The molecule has 0 unspecified atom stereocenters. The van der Waals surface area contributed by atoms with E-state index in [1.165, 1.54) is 7.11 Å². The Labute approximate surface area is 148 Å². The molecule has 0 saturated carbocycles. The van der Waals surface area contributed by atoms with Gasteiger partial charge in [-0.25, -0.2) is 0 Å². The van der Waals surface area contributed by atoms with E-state index in [1.807, 2.05) is 13.8 Å². The SMILES string of the molecule is CCN(CC)C(=O)c1ccc(C(=O)c2cc(OC)ccc2OC)cc1. The normalized spacial score (nSPS) is 10.2. The van der Waals surface area contributed by atoms with Crippen LogP contribution in [0.1, 0.15) is 40.1 Å². The van der Waals surface area contributed by atoms with Crippen molar-refractivity contribution in [3.05, 3.63) is 59.2 Å². The summed E-state index contributed by atoms with van der Waals surface area (Å²) in [7, 11) is 3.06. The highest BCUT2D eigenvalue weighted by Crippen LogP contribution is 2.26. The minimum atomic E-state index is -0.183. The number of amides is 1. The molecule has 0 aromatic heterocycles. The monoisotopic (exact) mass is 341 g/mol. The van der Waals surface area contributed by atoms with Crippen LogP contribution in [0.25, 0.3) is 0 Å². The second-order valence-electron chi connectivity index (χ2n) is 5.45. The maximum atomic E-state index is 12.8. The van der Waals surface area contributed by atoms with Gasteiger partial charge in [-0.1, -0.05) is 12.1 Å². The molecule has 0 spiro atoms. The van der Waals surface area contributed by atoms with E-state index >= 15 is 0 Å². The van der Waals surface area contributed by atoms with Gasteiger partial charge in [0, 0.05) is 24.2 Å². The predicted octanol–water partition coefficient (Wildman–Crippen LogP) is 3.42. The first-order valence-electron chi connectivity index (χ1n) is 8.21. The predicted molar refractivity (Wildman–Crippen MR) is 96.7 cm³/mol. The first-order valence-corrected chi connectivity index (χ1v) is 8.21. The average molecular weight is 341 g/mol. The molecule has 1 amide bonds. The van der Waals surface area contributed by atoms with Crippen molar-refractivity contribution in [2.45, 2.75) is 13.8 Å². The molecule has 0 radical (unpaired) electrons. The van der Waals surface area contributed by atoms with Gasteiger partial charge in [0.2, 0.25) is 0 Å². The number of carbonyl (C=O) groups is 2. The molecule has 5 heteroatoms. The summed E-state index contributed by atoms with van der Waals surface area (Å²) in [6.07, 6.45) is 0. The Morgan fingerprint density at radius 3 is 2.00 bits per heavy atom. The van der Waals surface area contributed by atoms with Crippen molar-refractivity contribution in [3.63, 3.8) is 0 Å². The van der Waals surface area contributed by atoms with Crippen LogP contribution in [0.4, 0.5) is 0 Å². The van der Waals surface area contributed by atoms with E-state index in [-0.39, 0.29) is 11.7 Å². The zero-order chi connectivity index (χ0) is 18.4. The minimum absolute atomic E-state index is 0.0389. The van der Waals surface area contributed by atoms with Crippen LogP contribution in [0.2, 0.25) is 0 Å². The summed E-state index contributed by atoms with van der Waals surface area (Å²) in [6, 6.07) is 11.8. The molecule has 2 aromatic carbocycles. The molecule has 0 heterocycles. The third kappa shape index (κ3) is 3.99. The van der Waals surface area contributed by atoms with Crippen LogP contribution in [0, 0.1) is 0 Å². The highest BCUT2D eigenvalue weighted by Gasteiger charge is 2.17. The number of nitrogens with zero attached hydrogens (tertiary/aromatic N) is 1. The van der Waals surface area contributed by atoms with Gasteiger partial charge in [-0.15, -0.1) is 0 Å². The van der Waals surface area contributed by atoms with E-state index in [0.717, 1.165) is 0 Å². The van der Waals surface area contributed by atoms with Crippen LogP contribution >= 0.6 is 0 Å². The van der Waals surface area contributed by atoms with Gasteiger partial charge in [-0.05, 0) is 44.2 Å². The number of hydrogen-bond acceptors (Lipinski definition) is 4. The highest BCUT2D eigenvalue weighted by atomic mass is 16.5. The van der Waals surface area contributed by atoms with Crippen molar-refractivity contribution >= 4 is 11.7 Å². The number of hydrogen-bond donors (Lipinski definition) is 0. The molecule has 0 aliphatic rings. The van der Waals surface area contributed by atoms with Gasteiger partial charge in [-0.2, -0.15) is 0 Å². The number of ketones is 1. The molecular weight excluding hydrogens is 318 g/mol. The lowest BCUT2D eigenvalue weighted by molar-refractivity contribution is 0.0772. The lowest BCUT2D eigenvalue weighted by Gasteiger charge is -2.18. The summed E-state index contributed by atoms with van der Waals surface area (Å²) >= 11 is 0. The van der Waals surface area contributed by atoms with Gasteiger partial charge < -0.3 is 14.4 Å². The second-order valence-corrected chi connectivity index (χ2v) is 5.45. The molecule has 0 bridgehead atoms. The Bertz CT molecular complexity index is 749. The Balaban J connectivity index is 2.31. The van der Waals surface area contributed by atoms with Gasteiger partial charge in [0.1, 0.15) is 11.5 Å². The first kappa shape index (κ1) is 18.5. The molecule has 0 N–H and O–H groups in total. The van der Waals surface area contributed by atoms with Crippen LogP contribution in [0.15, 0.2) is 42.5 Å². The van der Waals surface area contributed by atoms with Crippen molar-refractivity contribution in [1.82, 2.24) is 4.90 Å². The number of carbonyl (C=O) groups excluding carboxylic acids is 2. The topological polar surface area (TPSA) is 55.8 Å². The fourth-order valence-electron chi connectivity index (χ4n) is 2.60. The van der Waals surface area contributed by atoms with Crippen LogP contribution in [-0.4, -0.2) is 43.9 Å². The molecule has 0 fully saturated rings. The van der Waals surface area contributed by atoms with Gasteiger partial charge in [-0.3, -0.25) is 9.59 Å². The third-order valence-electron chi connectivity index (χ3n) is 4.10. The summed E-state index contributed by atoms with van der Waals surface area (Å²) in [6.45, 7) is 5.18. The molecule has 0 atom stereocenters. The van der Waals surface area contributed by atoms with E-state index in [9.17, 15) is 9.59 Å². The first-order chi connectivity index (χ1) is 12.0. The van der Waals surface area contributed by atoms with Gasteiger partial charge in [0.05, 0.1) is 19.8 Å². The minimum Gasteiger partial charge on any atom is -0.497 e. The van der Waals surface area contributed by atoms with Crippen molar-refractivity contribution in [3.8, 4) is 11.5 Å². The number of methoxy groups -OCH3 is 2. The summed E-state index contributed by atoms with van der Waals surface area (Å²) in [4.78, 5) is 26.9. The highest BCUT2D eigenvalue weighted by molar-refractivity contribution is 6.11. The fourth-order valence-corrected chi connectivity index (χ4v) is 2.60. The Kier molecular flexibility index (Phi) is 6.17. The van der Waals surface area contributed by atoms with E-state index in [1.54, 1.807) is 54.5 Å². The van der Waals surface area contributed by atoms with Gasteiger partial charge in [0.15, 0.2) is 5.78 Å². The largest absolute Gasteiger partial charge is 0.497 e. The Morgan fingerprint density at radius 2 is 1.48 bits per heavy atom. The van der Waals surface area contributed by atoms with Crippen molar-refractivity contribution in [2.75, 3.05) is 27.3 Å². The Morgan fingerprint density at radius 1 is 0.880 bits per heavy atom. The number of ether oxygens (including phenoxy) is 2. The smallest absolute Gasteiger partial charge is 0.253 e. The summed E-state index contributed by atoms with van der Waals surface area (Å²) < 4.78 is 10.5. The molecule has 0 aliphatic heterocycles. The van der Waals surface area contributed by atoms with Gasteiger partial charge >= 0.3 is 0 Å². The Hall–Kier alpha value is -2.82. The molecule has 2 rings (SSSR count). The standard InChI is InChI=1S/C20H23NO4/c1-5-21(6-2)20(23)15-9-7-14(8-10-15)19(22)17-13-16(24-3)11-12-18(17)25-4/h7-13H,5-6H2,1-4H3. The zero-order valence-electron chi connectivity index (χ0n) is 15.0. The molecule has 0 saturated heterocycles. The fraction of sp³-hybridized carbons (Fsp3) is 0.300. The quantitative estimate of drug-likeness (QED) is 0.724. The number of rotatable bonds is 7. The van der Waals surface area contributed by atoms with Gasteiger partial charge in [0.25, 0.3) is 5.91 Å². The zero-order valence-corrected chi connectivity index (χ0v) is 15.0. The van der Waals surface area contributed by atoms with Crippen molar-refractivity contribution < 1.29 is 19.1 Å². The second kappa shape index (κ2) is 8.33. The molecule has 5 nitrogen and oxygen atoms in total. The average Bonchev–Trinajstić information content (AvgIpc) is 2.67.